The predicted octanol–water partition coefficient (Wildman–Crippen LogP) is 3.11. The lowest BCUT2D eigenvalue weighted by molar-refractivity contribution is 0.0940. The molecule has 2 heterocycles. The van der Waals surface area contributed by atoms with Crippen LogP contribution in [-0.4, -0.2) is 42.6 Å². The molecule has 0 saturated heterocycles. The van der Waals surface area contributed by atoms with Gasteiger partial charge < -0.3 is 14.8 Å². The van der Waals surface area contributed by atoms with E-state index in [2.05, 4.69) is 32.3 Å². The van der Waals surface area contributed by atoms with Gasteiger partial charge in [-0.25, -0.2) is 0 Å². The second kappa shape index (κ2) is 6.20. The molecule has 0 aromatic carbocycles. The second-order valence-electron chi connectivity index (χ2n) is 6.07. The quantitative estimate of drug-likeness (QED) is 0.921. The SMILES string of the molecule is CN(C)CCNC(=O)c1cc2sccc2n1C1CCCC1. The Morgan fingerprint density at radius 2 is 2.19 bits per heavy atom. The van der Waals surface area contributed by atoms with Crippen LogP contribution in [0, 0.1) is 0 Å². The molecule has 0 spiro atoms. The van der Waals surface area contributed by atoms with Gasteiger partial charge in [-0.3, -0.25) is 4.79 Å². The van der Waals surface area contributed by atoms with Crippen LogP contribution in [0.1, 0.15) is 42.2 Å². The Morgan fingerprint density at radius 1 is 1.43 bits per heavy atom. The maximum atomic E-state index is 12.5. The Bertz CT molecular complexity index is 623. The maximum Gasteiger partial charge on any atom is 0.268 e. The average molecular weight is 305 g/mol. The molecule has 1 aliphatic carbocycles. The third-order valence-electron chi connectivity index (χ3n) is 4.23. The Balaban J connectivity index is 1.84. The fraction of sp³-hybridized carbons (Fsp3) is 0.562. The normalized spacial score (nSPS) is 16.1. The van der Waals surface area contributed by atoms with Crippen LogP contribution in [0.25, 0.3) is 10.2 Å². The molecule has 1 saturated carbocycles. The molecular formula is C16H23N3OS. The van der Waals surface area contributed by atoms with E-state index in [1.807, 2.05) is 14.1 Å². The molecule has 0 unspecified atom stereocenters. The van der Waals surface area contributed by atoms with Gasteiger partial charge in [0.15, 0.2) is 0 Å². The van der Waals surface area contributed by atoms with Gasteiger partial charge in [-0.1, -0.05) is 12.8 Å². The molecule has 0 aliphatic heterocycles. The van der Waals surface area contributed by atoms with Crippen LogP contribution in [0.4, 0.5) is 0 Å². The minimum absolute atomic E-state index is 0.0622. The molecule has 2 aromatic heterocycles. The summed E-state index contributed by atoms with van der Waals surface area (Å²) in [6.45, 7) is 1.56. The van der Waals surface area contributed by atoms with E-state index in [4.69, 9.17) is 0 Å². The number of rotatable bonds is 5. The van der Waals surface area contributed by atoms with E-state index >= 15 is 0 Å². The van der Waals surface area contributed by atoms with Crippen molar-refractivity contribution >= 4 is 27.5 Å². The van der Waals surface area contributed by atoms with E-state index < -0.39 is 0 Å². The summed E-state index contributed by atoms with van der Waals surface area (Å²) < 4.78 is 3.50. The minimum Gasteiger partial charge on any atom is -0.349 e. The molecule has 0 atom stereocenters. The van der Waals surface area contributed by atoms with Crippen molar-refractivity contribution in [1.82, 2.24) is 14.8 Å². The van der Waals surface area contributed by atoms with Gasteiger partial charge in [0, 0.05) is 19.1 Å². The summed E-state index contributed by atoms with van der Waals surface area (Å²) >= 11 is 1.72. The third-order valence-corrected chi connectivity index (χ3v) is 5.08. The number of hydrogen-bond donors (Lipinski definition) is 1. The molecule has 4 nitrogen and oxygen atoms in total. The van der Waals surface area contributed by atoms with Crippen LogP contribution in [0.2, 0.25) is 0 Å². The lowest BCUT2D eigenvalue weighted by atomic mass is 10.2. The zero-order chi connectivity index (χ0) is 14.8. The van der Waals surface area contributed by atoms with E-state index in [1.165, 1.54) is 35.9 Å². The summed E-state index contributed by atoms with van der Waals surface area (Å²) in [4.78, 5) is 14.6. The number of hydrogen-bond acceptors (Lipinski definition) is 3. The number of nitrogens with one attached hydrogen (secondary N) is 1. The van der Waals surface area contributed by atoms with Crippen molar-refractivity contribution in [3.63, 3.8) is 0 Å². The molecule has 5 heteroatoms. The van der Waals surface area contributed by atoms with Crippen molar-refractivity contribution in [2.75, 3.05) is 27.2 Å². The van der Waals surface area contributed by atoms with Gasteiger partial charge in [0.05, 0.1) is 10.2 Å². The first-order valence-corrected chi connectivity index (χ1v) is 8.56. The molecule has 1 N–H and O–H groups in total. The average Bonchev–Trinajstić information content (AvgIpc) is 3.13. The summed E-state index contributed by atoms with van der Waals surface area (Å²) in [6.07, 6.45) is 4.93. The highest BCUT2D eigenvalue weighted by Crippen LogP contribution is 2.36. The molecule has 3 rings (SSSR count). The van der Waals surface area contributed by atoms with Crippen molar-refractivity contribution in [2.45, 2.75) is 31.7 Å². The summed E-state index contributed by atoms with van der Waals surface area (Å²) in [5.74, 6) is 0.0622. The zero-order valence-electron chi connectivity index (χ0n) is 12.8. The fourth-order valence-electron chi connectivity index (χ4n) is 3.16. The number of carbonyl (C=O) groups excluding carboxylic acids is 1. The molecule has 1 aliphatic rings. The Kier molecular flexibility index (Phi) is 4.31. The van der Waals surface area contributed by atoms with Gasteiger partial charge in [-0.15, -0.1) is 11.3 Å². The largest absolute Gasteiger partial charge is 0.349 e. The molecule has 114 valence electrons. The number of thiophene rings is 1. The molecule has 0 bridgehead atoms. The van der Waals surface area contributed by atoms with Crippen molar-refractivity contribution < 1.29 is 4.79 Å². The van der Waals surface area contributed by atoms with Crippen LogP contribution in [0.3, 0.4) is 0 Å². The highest BCUT2D eigenvalue weighted by atomic mass is 32.1. The fourth-order valence-corrected chi connectivity index (χ4v) is 3.97. The van der Waals surface area contributed by atoms with Crippen molar-refractivity contribution in [2.24, 2.45) is 0 Å². The molecule has 21 heavy (non-hydrogen) atoms. The zero-order valence-corrected chi connectivity index (χ0v) is 13.6. The Hall–Kier alpha value is -1.33. The van der Waals surface area contributed by atoms with Crippen molar-refractivity contribution in [3.05, 3.63) is 23.2 Å². The molecular weight excluding hydrogens is 282 g/mol. The third kappa shape index (κ3) is 2.99. The number of amides is 1. The van der Waals surface area contributed by atoms with E-state index in [-0.39, 0.29) is 5.91 Å². The maximum absolute atomic E-state index is 12.5. The molecule has 1 fully saturated rings. The summed E-state index contributed by atoms with van der Waals surface area (Å²) in [5.41, 5.74) is 2.06. The van der Waals surface area contributed by atoms with Gasteiger partial charge in [-0.05, 0) is 44.4 Å². The smallest absolute Gasteiger partial charge is 0.268 e. The summed E-state index contributed by atoms with van der Waals surface area (Å²) in [7, 11) is 4.03. The molecule has 2 aromatic rings. The van der Waals surface area contributed by atoms with Crippen molar-refractivity contribution in [1.29, 1.82) is 0 Å². The van der Waals surface area contributed by atoms with Gasteiger partial charge in [0.25, 0.3) is 5.91 Å². The highest BCUT2D eigenvalue weighted by molar-refractivity contribution is 7.17. The van der Waals surface area contributed by atoms with Crippen LogP contribution >= 0.6 is 11.3 Å². The van der Waals surface area contributed by atoms with Crippen LogP contribution in [0.15, 0.2) is 17.5 Å². The summed E-state index contributed by atoms with van der Waals surface area (Å²) in [6, 6.07) is 4.70. The Labute approximate surface area is 129 Å². The van der Waals surface area contributed by atoms with Gasteiger partial charge in [0.1, 0.15) is 5.69 Å². The van der Waals surface area contributed by atoms with Crippen molar-refractivity contribution in [3.8, 4) is 0 Å². The van der Waals surface area contributed by atoms with Crippen LogP contribution < -0.4 is 5.32 Å². The lowest BCUT2D eigenvalue weighted by Gasteiger charge is -2.17. The second-order valence-corrected chi connectivity index (χ2v) is 7.01. The van der Waals surface area contributed by atoms with E-state index in [0.29, 0.717) is 12.6 Å². The first-order valence-electron chi connectivity index (χ1n) is 7.68. The van der Waals surface area contributed by atoms with Gasteiger partial charge >= 0.3 is 0 Å². The number of carbonyl (C=O) groups is 1. The first-order chi connectivity index (χ1) is 10.2. The number of fused-ring (bicyclic) bond motifs is 1. The monoisotopic (exact) mass is 305 g/mol. The first kappa shape index (κ1) is 14.6. The lowest BCUT2D eigenvalue weighted by Crippen LogP contribution is -2.32. The van der Waals surface area contributed by atoms with Gasteiger partial charge in [0.2, 0.25) is 0 Å². The minimum atomic E-state index is 0.0622. The number of nitrogens with zero attached hydrogens (tertiary/aromatic N) is 2. The topological polar surface area (TPSA) is 37.3 Å². The van der Waals surface area contributed by atoms with E-state index in [0.717, 1.165) is 12.2 Å². The van der Waals surface area contributed by atoms with Gasteiger partial charge in [-0.2, -0.15) is 0 Å². The van der Waals surface area contributed by atoms with Crippen LogP contribution in [0.5, 0.6) is 0 Å². The van der Waals surface area contributed by atoms with E-state index in [9.17, 15) is 4.79 Å². The Morgan fingerprint density at radius 3 is 2.90 bits per heavy atom. The number of likely N-dealkylation sites (N-methyl/N-ethyl adjacent to an activating group) is 1. The summed E-state index contributed by atoms with van der Waals surface area (Å²) in [5, 5.41) is 5.16. The predicted molar refractivity (Wildman–Crippen MR) is 88.2 cm³/mol. The standard InChI is InChI=1S/C16H23N3OS/c1-18(2)9-8-17-16(20)14-11-15-13(7-10-21-15)19(14)12-5-3-4-6-12/h7,10-12H,3-6,8-9H2,1-2H3,(H,17,20). The highest BCUT2D eigenvalue weighted by Gasteiger charge is 2.24. The van der Waals surface area contributed by atoms with E-state index in [1.54, 1.807) is 11.3 Å². The van der Waals surface area contributed by atoms with Crippen LogP contribution in [-0.2, 0) is 0 Å². The molecule has 0 radical (unpaired) electrons. The number of aromatic nitrogens is 1. The molecule has 1 amide bonds.